The number of rotatable bonds is 2. The van der Waals surface area contributed by atoms with Gasteiger partial charge in [-0.3, -0.25) is 4.79 Å². The van der Waals surface area contributed by atoms with E-state index in [1.165, 1.54) is 17.8 Å². The van der Waals surface area contributed by atoms with Crippen LogP contribution in [-0.2, 0) is 0 Å². The molecule has 0 radical (unpaired) electrons. The van der Waals surface area contributed by atoms with Crippen molar-refractivity contribution in [3.05, 3.63) is 45.5 Å². The number of aryl methyl sites for hydroxylation is 1. The Kier molecular flexibility index (Phi) is 3.67. The molecule has 1 aromatic carbocycles. The molecule has 19 heavy (non-hydrogen) atoms. The number of aromatic nitrogens is 2. The Balaban J connectivity index is 2.73. The Morgan fingerprint density at radius 3 is 2.79 bits per heavy atom. The number of benzene rings is 1. The highest BCUT2D eigenvalue weighted by Crippen LogP contribution is 2.23. The number of aromatic amines is 1. The van der Waals surface area contributed by atoms with E-state index in [1.807, 2.05) is 6.07 Å². The third-order valence-corrected chi connectivity index (χ3v) is 3.23. The van der Waals surface area contributed by atoms with Crippen molar-refractivity contribution in [2.75, 3.05) is 6.26 Å². The average Bonchev–Trinajstić information content (AvgIpc) is 2.41. The van der Waals surface area contributed by atoms with Gasteiger partial charge in [-0.15, -0.1) is 0 Å². The van der Waals surface area contributed by atoms with Gasteiger partial charge in [0, 0.05) is 5.56 Å². The Labute approximate surface area is 113 Å². The van der Waals surface area contributed by atoms with E-state index in [2.05, 4.69) is 9.97 Å². The van der Waals surface area contributed by atoms with Crippen LogP contribution in [0.2, 0.25) is 0 Å². The fourth-order valence-electron chi connectivity index (χ4n) is 1.60. The lowest BCUT2D eigenvalue weighted by molar-refractivity contribution is 0.619. The fourth-order valence-corrected chi connectivity index (χ4v) is 1.98. The molecule has 0 spiro atoms. The van der Waals surface area contributed by atoms with Gasteiger partial charge >= 0.3 is 0 Å². The van der Waals surface area contributed by atoms with E-state index in [1.54, 1.807) is 25.3 Å². The Morgan fingerprint density at radius 2 is 2.21 bits per heavy atom. The van der Waals surface area contributed by atoms with E-state index in [0.717, 1.165) is 0 Å². The second-order valence-corrected chi connectivity index (χ2v) is 4.67. The van der Waals surface area contributed by atoms with Gasteiger partial charge in [0.2, 0.25) is 0 Å². The number of nitrogens with zero attached hydrogens (tertiary/aromatic N) is 2. The van der Waals surface area contributed by atoms with Crippen molar-refractivity contribution in [3.63, 3.8) is 0 Å². The van der Waals surface area contributed by atoms with E-state index in [0.29, 0.717) is 16.3 Å². The fraction of sp³-hybridized carbons (Fsp3) is 0.154. The normalized spacial score (nSPS) is 10.2. The molecule has 0 saturated heterocycles. The van der Waals surface area contributed by atoms with Crippen LogP contribution in [0, 0.1) is 24.1 Å². The summed E-state index contributed by atoms with van der Waals surface area (Å²) in [6.07, 6.45) is 1.75. The first-order valence-electron chi connectivity index (χ1n) is 5.41. The molecule has 0 fully saturated rings. The lowest BCUT2D eigenvalue weighted by atomic mass is 10.1. The molecule has 2 rings (SSSR count). The van der Waals surface area contributed by atoms with Crippen LogP contribution in [-0.4, -0.2) is 16.2 Å². The van der Waals surface area contributed by atoms with E-state index >= 15 is 0 Å². The first kappa shape index (κ1) is 13.3. The summed E-state index contributed by atoms with van der Waals surface area (Å²) in [5, 5.41) is 9.43. The van der Waals surface area contributed by atoms with Gasteiger partial charge in [-0.2, -0.15) is 5.26 Å². The van der Waals surface area contributed by atoms with Gasteiger partial charge in [-0.05, 0) is 24.8 Å². The summed E-state index contributed by atoms with van der Waals surface area (Å²) in [7, 11) is 0. The monoisotopic (exact) mass is 275 g/mol. The smallest absolute Gasteiger partial charge is 0.270 e. The van der Waals surface area contributed by atoms with Crippen molar-refractivity contribution in [2.24, 2.45) is 0 Å². The minimum absolute atomic E-state index is 0.110. The molecule has 0 atom stereocenters. The second kappa shape index (κ2) is 5.24. The van der Waals surface area contributed by atoms with Gasteiger partial charge < -0.3 is 4.98 Å². The number of nitriles is 1. The molecule has 0 bridgehead atoms. The minimum Gasteiger partial charge on any atom is -0.300 e. The molecule has 6 heteroatoms. The molecule has 1 N–H and O–H groups in total. The maximum Gasteiger partial charge on any atom is 0.270 e. The minimum atomic E-state index is -0.516. The lowest BCUT2D eigenvalue weighted by Gasteiger charge is -2.06. The standard InChI is InChI=1S/C13H10FN3OS/c1-7-3-4-8(5-10(7)14)11-9(6-15)12(18)17-13(16-11)19-2/h3-5H,1-2H3,(H,16,17,18). The van der Waals surface area contributed by atoms with Gasteiger partial charge in [0.25, 0.3) is 5.56 Å². The highest BCUT2D eigenvalue weighted by Gasteiger charge is 2.14. The molecule has 0 aliphatic carbocycles. The first-order valence-corrected chi connectivity index (χ1v) is 6.64. The van der Waals surface area contributed by atoms with Gasteiger partial charge in [-0.1, -0.05) is 23.9 Å². The molecule has 2 aromatic rings. The largest absolute Gasteiger partial charge is 0.300 e. The van der Waals surface area contributed by atoms with Crippen molar-refractivity contribution in [3.8, 4) is 17.3 Å². The van der Waals surface area contributed by atoms with Crippen LogP contribution in [0.5, 0.6) is 0 Å². The quantitative estimate of drug-likeness (QED) is 0.675. The van der Waals surface area contributed by atoms with Crippen LogP contribution >= 0.6 is 11.8 Å². The molecule has 0 aliphatic rings. The van der Waals surface area contributed by atoms with Crippen molar-refractivity contribution in [1.82, 2.24) is 9.97 Å². The molecule has 0 amide bonds. The van der Waals surface area contributed by atoms with Crippen molar-refractivity contribution in [2.45, 2.75) is 12.1 Å². The van der Waals surface area contributed by atoms with Crippen LogP contribution in [0.25, 0.3) is 11.3 Å². The summed E-state index contributed by atoms with van der Waals surface area (Å²) in [4.78, 5) is 18.4. The van der Waals surface area contributed by atoms with Gasteiger partial charge in [0.05, 0.1) is 5.69 Å². The summed E-state index contributed by atoms with van der Waals surface area (Å²) in [6.45, 7) is 1.64. The van der Waals surface area contributed by atoms with Gasteiger partial charge in [-0.25, -0.2) is 9.37 Å². The molecule has 0 saturated carbocycles. The van der Waals surface area contributed by atoms with Crippen LogP contribution in [0.4, 0.5) is 4.39 Å². The van der Waals surface area contributed by atoms with Gasteiger partial charge in [0.15, 0.2) is 5.16 Å². The van der Waals surface area contributed by atoms with Crippen molar-refractivity contribution >= 4 is 11.8 Å². The first-order chi connectivity index (χ1) is 9.06. The molecule has 1 aromatic heterocycles. The van der Waals surface area contributed by atoms with E-state index < -0.39 is 11.4 Å². The molecule has 0 aliphatic heterocycles. The van der Waals surface area contributed by atoms with Crippen LogP contribution in [0.1, 0.15) is 11.1 Å². The zero-order chi connectivity index (χ0) is 14.0. The van der Waals surface area contributed by atoms with Gasteiger partial charge in [0.1, 0.15) is 17.4 Å². The third-order valence-electron chi connectivity index (χ3n) is 2.65. The lowest BCUT2D eigenvalue weighted by Crippen LogP contribution is -2.14. The van der Waals surface area contributed by atoms with Crippen LogP contribution in [0.3, 0.4) is 0 Å². The number of halogens is 1. The summed E-state index contributed by atoms with van der Waals surface area (Å²) in [6, 6.07) is 6.32. The van der Waals surface area contributed by atoms with E-state index in [9.17, 15) is 9.18 Å². The molecular formula is C13H10FN3OS. The molecule has 96 valence electrons. The Hall–Kier alpha value is -2.13. The Bertz CT molecular complexity index is 734. The number of thioether (sulfide) groups is 1. The van der Waals surface area contributed by atoms with Crippen molar-refractivity contribution in [1.29, 1.82) is 5.26 Å². The second-order valence-electron chi connectivity index (χ2n) is 3.87. The average molecular weight is 275 g/mol. The van der Waals surface area contributed by atoms with Crippen LogP contribution in [0.15, 0.2) is 28.2 Å². The highest BCUT2D eigenvalue weighted by atomic mass is 32.2. The highest BCUT2D eigenvalue weighted by molar-refractivity contribution is 7.98. The zero-order valence-electron chi connectivity index (χ0n) is 10.3. The third kappa shape index (κ3) is 2.51. The van der Waals surface area contributed by atoms with Crippen molar-refractivity contribution < 1.29 is 4.39 Å². The number of H-pyrrole nitrogens is 1. The zero-order valence-corrected chi connectivity index (χ0v) is 11.1. The summed E-state index contributed by atoms with van der Waals surface area (Å²) < 4.78 is 13.6. The maximum absolute atomic E-state index is 13.6. The topological polar surface area (TPSA) is 69.5 Å². The number of hydrogen-bond acceptors (Lipinski definition) is 4. The SMILES string of the molecule is CSc1nc(-c2ccc(C)c(F)c2)c(C#N)c(=O)[nH]1. The molecular weight excluding hydrogens is 265 g/mol. The summed E-state index contributed by atoms with van der Waals surface area (Å²) in [5.74, 6) is -0.394. The molecule has 1 heterocycles. The number of nitrogens with one attached hydrogen (secondary N) is 1. The maximum atomic E-state index is 13.6. The predicted molar refractivity (Wildman–Crippen MR) is 71.5 cm³/mol. The molecule has 4 nitrogen and oxygen atoms in total. The van der Waals surface area contributed by atoms with Crippen LogP contribution < -0.4 is 5.56 Å². The predicted octanol–water partition coefficient (Wildman–Crippen LogP) is 2.48. The van der Waals surface area contributed by atoms with E-state index in [4.69, 9.17) is 5.26 Å². The molecule has 0 unspecified atom stereocenters. The number of hydrogen-bond donors (Lipinski definition) is 1. The summed E-state index contributed by atoms with van der Waals surface area (Å²) >= 11 is 1.25. The summed E-state index contributed by atoms with van der Waals surface area (Å²) in [5.41, 5.74) is 0.492. The Morgan fingerprint density at radius 1 is 1.47 bits per heavy atom. The van der Waals surface area contributed by atoms with E-state index in [-0.39, 0.29) is 11.3 Å².